The van der Waals surface area contributed by atoms with Gasteiger partial charge >= 0.3 is 5.97 Å². The van der Waals surface area contributed by atoms with Crippen molar-refractivity contribution in [3.05, 3.63) is 89.2 Å². The van der Waals surface area contributed by atoms with Crippen LogP contribution in [0.2, 0.25) is 0 Å². The Kier molecular flexibility index (Phi) is 4.95. The summed E-state index contributed by atoms with van der Waals surface area (Å²) in [5.74, 6) is 0.322. The number of ether oxygens (including phenoxy) is 3. The van der Waals surface area contributed by atoms with E-state index >= 15 is 0 Å². The van der Waals surface area contributed by atoms with Crippen LogP contribution in [0.5, 0.6) is 17.2 Å². The molecule has 1 heterocycles. The number of allylic oxidation sites excluding steroid dienone is 1. The van der Waals surface area contributed by atoms with Crippen molar-refractivity contribution in [3.63, 3.8) is 0 Å². The zero-order valence-corrected chi connectivity index (χ0v) is 15.1. The number of hydrogen-bond donors (Lipinski definition) is 0. The van der Waals surface area contributed by atoms with Crippen molar-refractivity contribution in [3.8, 4) is 23.3 Å². The fourth-order valence-electron chi connectivity index (χ4n) is 2.87. The lowest BCUT2D eigenvalue weighted by Crippen LogP contribution is -2.08. The minimum atomic E-state index is -0.556. The van der Waals surface area contributed by atoms with E-state index in [9.17, 15) is 14.4 Å². The molecule has 6 heteroatoms. The number of nitrogens with zero attached hydrogens (tertiary/aromatic N) is 1. The largest absolute Gasteiger partial charge is 0.454 e. The number of rotatable bonds is 4. The SMILES string of the molecule is N#C/C(=C/c1cccc(OC(=O)c2ccc3c(c2)OCO3)c1)c1ccccc1F. The molecule has 1 aliphatic heterocycles. The van der Waals surface area contributed by atoms with Gasteiger partial charge in [0.25, 0.3) is 0 Å². The van der Waals surface area contributed by atoms with Gasteiger partial charge in [0.1, 0.15) is 11.6 Å². The van der Waals surface area contributed by atoms with Gasteiger partial charge in [-0.05, 0) is 48.0 Å². The Bertz CT molecular complexity index is 1160. The monoisotopic (exact) mass is 387 g/mol. The van der Waals surface area contributed by atoms with E-state index in [1.807, 2.05) is 6.07 Å². The highest BCUT2D eigenvalue weighted by atomic mass is 19.1. The van der Waals surface area contributed by atoms with Crippen molar-refractivity contribution in [2.45, 2.75) is 0 Å². The van der Waals surface area contributed by atoms with Gasteiger partial charge in [-0.2, -0.15) is 5.26 Å². The minimum Gasteiger partial charge on any atom is -0.454 e. The average molecular weight is 387 g/mol. The van der Waals surface area contributed by atoms with E-state index in [0.717, 1.165) is 0 Å². The van der Waals surface area contributed by atoms with Crippen LogP contribution >= 0.6 is 0 Å². The van der Waals surface area contributed by atoms with E-state index in [4.69, 9.17) is 14.2 Å². The standard InChI is InChI=1S/C23H14FNO4/c24-20-7-2-1-6-19(20)17(13-25)10-15-4-3-5-18(11-15)29-23(26)16-8-9-21-22(12-16)28-14-27-21/h1-12H,14H2/b17-10-. The molecule has 0 fully saturated rings. The van der Waals surface area contributed by atoms with Crippen LogP contribution in [0, 0.1) is 17.1 Å². The van der Waals surface area contributed by atoms with E-state index < -0.39 is 11.8 Å². The molecule has 0 N–H and O–H groups in total. The summed E-state index contributed by atoms with van der Waals surface area (Å²) in [6, 6.07) is 19.5. The lowest BCUT2D eigenvalue weighted by molar-refractivity contribution is 0.0734. The Morgan fingerprint density at radius 1 is 1.03 bits per heavy atom. The van der Waals surface area contributed by atoms with Crippen molar-refractivity contribution in [1.29, 1.82) is 5.26 Å². The quantitative estimate of drug-likeness (QED) is 0.277. The first-order chi connectivity index (χ1) is 14.1. The van der Waals surface area contributed by atoms with Crippen molar-refractivity contribution in [2.75, 3.05) is 6.79 Å². The third-order valence-corrected chi connectivity index (χ3v) is 4.27. The second kappa shape index (κ2) is 7.87. The molecule has 0 bridgehead atoms. The number of carbonyl (C=O) groups is 1. The molecule has 0 aromatic heterocycles. The molecule has 0 aliphatic carbocycles. The highest BCUT2D eigenvalue weighted by Gasteiger charge is 2.17. The summed E-state index contributed by atoms with van der Waals surface area (Å²) in [5, 5.41) is 9.41. The molecule has 29 heavy (non-hydrogen) atoms. The number of carbonyl (C=O) groups excluding carboxylic acids is 1. The normalized spacial score (nSPS) is 12.3. The first kappa shape index (κ1) is 18.3. The zero-order valence-electron chi connectivity index (χ0n) is 15.1. The molecule has 1 aliphatic rings. The van der Waals surface area contributed by atoms with Crippen LogP contribution in [-0.2, 0) is 0 Å². The fraction of sp³-hybridized carbons (Fsp3) is 0.0435. The number of nitriles is 1. The van der Waals surface area contributed by atoms with Crippen LogP contribution in [0.3, 0.4) is 0 Å². The summed E-state index contributed by atoms with van der Waals surface area (Å²) in [4.78, 5) is 12.4. The molecule has 0 atom stereocenters. The molecule has 142 valence electrons. The van der Waals surface area contributed by atoms with Gasteiger partial charge in [0.05, 0.1) is 17.2 Å². The molecular weight excluding hydrogens is 373 g/mol. The molecular formula is C23H14FNO4. The second-order valence-electron chi connectivity index (χ2n) is 6.18. The van der Waals surface area contributed by atoms with Gasteiger partial charge in [0.2, 0.25) is 6.79 Å². The van der Waals surface area contributed by atoms with Crippen LogP contribution in [0.1, 0.15) is 21.5 Å². The molecule has 4 rings (SSSR count). The average Bonchev–Trinajstić information content (AvgIpc) is 3.21. The van der Waals surface area contributed by atoms with Crippen molar-refractivity contribution >= 4 is 17.6 Å². The third-order valence-electron chi connectivity index (χ3n) is 4.27. The molecule has 3 aromatic rings. The fourth-order valence-corrected chi connectivity index (χ4v) is 2.87. The van der Waals surface area contributed by atoms with Crippen molar-refractivity contribution in [2.24, 2.45) is 0 Å². The molecule has 0 spiro atoms. The highest BCUT2D eigenvalue weighted by molar-refractivity contribution is 5.92. The van der Waals surface area contributed by atoms with Gasteiger partial charge in [-0.3, -0.25) is 0 Å². The van der Waals surface area contributed by atoms with Gasteiger partial charge < -0.3 is 14.2 Å². The maximum absolute atomic E-state index is 14.0. The summed E-state index contributed by atoms with van der Waals surface area (Å²) in [7, 11) is 0. The highest BCUT2D eigenvalue weighted by Crippen LogP contribution is 2.33. The van der Waals surface area contributed by atoms with Gasteiger partial charge in [-0.1, -0.05) is 30.3 Å². The van der Waals surface area contributed by atoms with Crippen molar-refractivity contribution in [1.82, 2.24) is 0 Å². The van der Waals surface area contributed by atoms with E-state index in [2.05, 4.69) is 0 Å². The third kappa shape index (κ3) is 3.94. The summed E-state index contributed by atoms with van der Waals surface area (Å²) < 4.78 is 29.9. The number of hydrogen-bond acceptors (Lipinski definition) is 5. The zero-order chi connectivity index (χ0) is 20.2. The Balaban J connectivity index is 1.56. The summed E-state index contributed by atoms with van der Waals surface area (Å²) >= 11 is 0. The minimum absolute atomic E-state index is 0.117. The van der Waals surface area contributed by atoms with Crippen LogP contribution in [0.4, 0.5) is 4.39 Å². The van der Waals surface area contributed by atoms with Gasteiger partial charge in [-0.15, -0.1) is 0 Å². The van der Waals surface area contributed by atoms with Gasteiger partial charge in [-0.25, -0.2) is 9.18 Å². The lowest BCUT2D eigenvalue weighted by atomic mass is 10.0. The van der Waals surface area contributed by atoms with Crippen LogP contribution in [-0.4, -0.2) is 12.8 Å². The van der Waals surface area contributed by atoms with Crippen LogP contribution < -0.4 is 14.2 Å². The number of esters is 1. The smallest absolute Gasteiger partial charge is 0.343 e. The number of benzene rings is 3. The summed E-state index contributed by atoms with van der Waals surface area (Å²) in [6.07, 6.45) is 1.54. The molecule has 0 unspecified atom stereocenters. The Morgan fingerprint density at radius 2 is 1.86 bits per heavy atom. The Morgan fingerprint density at radius 3 is 2.69 bits per heavy atom. The van der Waals surface area contributed by atoms with E-state index in [-0.39, 0.29) is 17.9 Å². The summed E-state index contributed by atoms with van der Waals surface area (Å²) in [5.41, 5.74) is 1.29. The summed E-state index contributed by atoms with van der Waals surface area (Å²) in [6.45, 7) is 0.117. The predicted octanol–water partition coefficient (Wildman–Crippen LogP) is 4.84. The number of halogens is 1. The topological polar surface area (TPSA) is 68.5 Å². The van der Waals surface area contributed by atoms with E-state index in [0.29, 0.717) is 28.4 Å². The lowest BCUT2D eigenvalue weighted by Gasteiger charge is -2.06. The molecule has 0 amide bonds. The van der Waals surface area contributed by atoms with Crippen LogP contribution in [0.25, 0.3) is 11.6 Å². The maximum atomic E-state index is 14.0. The first-order valence-corrected chi connectivity index (χ1v) is 8.72. The van der Waals surface area contributed by atoms with Gasteiger partial charge in [0, 0.05) is 5.56 Å². The molecule has 3 aromatic carbocycles. The maximum Gasteiger partial charge on any atom is 0.343 e. The van der Waals surface area contributed by atoms with E-state index in [1.165, 1.54) is 18.2 Å². The Labute approximate surface area is 166 Å². The predicted molar refractivity (Wildman–Crippen MR) is 104 cm³/mol. The first-order valence-electron chi connectivity index (χ1n) is 8.72. The van der Waals surface area contributed by atoms with Crippen LogP contribution in [0.15, 0.2) is 66.7 Å². The van der Waals surface area contributed by atoms with E-state index in [1.54, 1.807) is 54.6 Å². The molecule has 0 saturated carbocycles. The molecule has 0 saturated heterocycles. The second-order valence-corrected chi connectivity index (χ2v) is 6.18. The number of fused-ring (bicyclic) bond motifs is 1. The van der Waals surface area contributed by atoms with Crippen molar-refractivity contribution < 1.29 is 23.4 Å². The molecule has 0 radical (unpaired) electrons. The van der Waals surface area contributed by atoms with Gasteiger partial charge in [0.15, 0.2) is 11.5 Å². The molecule has 5 nitrogen and oxygen atoms in total. The Hall–Kier alpha value is -4.11.